The maximum atomic E-state index is 12.7. The van der Waals surface area contributed by atoms with Gasteiger partial charge in [0.15, 0.2) is 0 Å². The lowest BCUT2D eigenvalue weighted by Crippen LogP contribution is -2.41. The van der Waals surface area contributed by atoms with E-state index in [1.165, 1.54) is 0 Å². The molecule has 0 saturated heterocycles. The molecule has 0 spiro atoms. The van der Waals surface area contributed by atoms with Gasteiger partial charge in [0.25, 0.3) is 5.91 Å². The molecular formula is C21H26N2O3Si. The minimum atomic E-state index is -1.82. The minimum absolute atomic E-state index is 0.0800. The third kappa shape index (κ3) is 4.95. The third-order valence-electron chi connectivity index (χ3n) is 5.08. The molecule has 1 aromatic carbocycles. The number of pyridine rings is 1. The molecule has 0 aliphatic carbocycles. The summed E-state index contributed by atoms with van der Waals surface area (Å²) < 4.78 is 0. The maximum Gasteiger partial charge on any atom is 0.327 e. The molecule has 1 atom stereocenters. The summed E-state index contributed by atoms with van der Waals surface area (Å²) in [5.74, 6) is 1.48. The minimum Gasteiger partial charge on any atom is -0.480 e. The molecule has 2 N–H and O–H groups in total. The van der Waals surface area contributed by atoms with Crippen LogP contribution >= 0.6 is 0 Å². The summed E-state index contributed by atoms with van der Waals surface area (Å²) in [5, 5.41) is 12.9. The first-order valence-electron chi connectivity index (χ1n) is 8.90. The first-order chi connectivity index (χ1) is 12.5. The summed E-state index contributed by atoms with van der Waals surface area (Å²) in [6, 6.07) is 7.81. The van der Waals surface area contributed by atoms with Gasteiger partial charge in [0.05, 0.1) is 11.1 Å². The van der Waals surface area contributed by atoms with Crippen LogP contribution in [0.4, 0.5) is 0 Å². The van der Waals surface area contributed by atoms with Crippen LogP contribution in [-0.4, -0.2) is 36.1 Å². The number of carbonyl (C=O) groups excluding carboxylic acids is 1. The van der Waals surface area contributed by atoms with Crippen LogP contribution in [0.5, 0.6) is 0 Å². The SMILES string of the molecule is CC(C)(C)[Si](C)(C)C#CC[C@@H](NC(=O)c1ccnc2ccccc12)C(=O)O. The Balaban J connectivity index is 2.19. The van der Waals surface area contributed by atoms with Crippen molar-refractivity contribution in [2.45, 2.75) is 51.4 Å². The van der Waals surface area contributed by atoms with Crippen LogP contribution in [-0.2, 0) is 4.79 Å². The molecule has 0 aliphatic heterocycles. The van der Waals surface area contributed by atoms with E-state index in [-0.39, 0.29) is 11.5 Å². The van der Waals surface area contributed by atoms with Gasteiger partial charge < -0.3 is 10.4 Å². The highest BCUT2D eigenvalue weighted by Gasteiger charge is 2.33. The van der Waals surface area contributed by atoms with Crippen molar-refractivity contribution < 1.29 is 14.7 Å². The number of aromatic nitrogens is 1. The molecule has 5 nitrogen and oxygen atoms in total. The van der Waals surface area contributed by atoms with Gasteiger partial charge in [0.2, 0.25) is 0 Å². The molecular weight excluding hydrogens is 356 g/mol. The van der Waals surface area contributed by atoms with Crippen LogP contribution in [0, 0.1) is 11.5 Å². The zero-order chi connectivity index (χ0) is 20.2. The average Bonchev–Trinajstić information content (AvgIpc) is 2.59. The average molecular weight is 383 g/mol. The van der Waals surface area contributed by atoms with Crippen LogP contribution in [0.1, 0.15) is 37.6 Å². The fourth-order valence-electron chi connectivity index (χ4n) is 2.29. The number of benzene rings is 1. The standard InChI is InChI=1S/C21H26N2O3Si/c1-21(2,3)27(4,5)14-8-11-18(20(25)26)23-19(24)16-12-13-22-17-10-7-6-9-15(16)17/h6-7,9-10,12-13,18H,11H2,1-5H3,(H,23,24)(H,25,26)/t18-/m1/s1. The van der Waals surface area contributed by atoms with Crippen molar-refractivity contribution in [2.24, 2.45) is 0 Å². The van der Waals surface area contributed by atoms with Crippen molar-refractivity contribution in [3.63, 3.8) is 0 Å². The number of carboxylic acid groups (broad SMARTS) is 1. The molecule has 2 rings (SSSR count). The fourth-order valence-corrected chi connectivity index (χ4v) is 3.21. The van der Waals surface area contributed by atoms with Gasteiger partial charge in [0, 0.05) is 18.0 Å². The Labute approximate surface area is 161 Å². The Morgan fingerprint density at radius 2 is 1.89 bits per heavy atom. The van der Waals surface area contributed by atoms with Crippen LogP contribution in [0.2, 0.25) is 18.1 Å². The maximum absolute atomic E-state index is 12.7. The number of fused-ring (bicyclic) bond motifs is 1. The molecule has 6 heteroatoms. The molecule has 1 heterocycles. The van der Waals surface area contributed by atoms with Gasteiger partial charge in [-0.25, -0.2) is 4.79 Å². The largest absolute Gasteiger partial charge is 0.480 e. The van der Waals surface area contributed by atoms with Crippen LogP contribution < -0.4 is 5.32 Å². The van der Waals surface area contributed by atoms with Gasteiger partial charge in [-0.3, -0.25) is 9.78 Å². The zero-order valence-corrected chi connectivity index (χ0v) is 17.5. The normalized spacial score (nSPS) is 12.8. The zero-order valence-electron chi connectivity index (χ0n) is 16.5. The van der Waals surface area contributed by atoms with E-state index in [1.54, 1.807) is 18.3 Å². The Bertz CT molecular complexity index is 915. The summed E-state index contributed by atoms with van der Waals surface area (Å²) in [7, 11) is -1.82. The molecule has 0 fully saturated rings. The van der Waals surface area contributed by atoms with E-state index in [9.17, 15) is 14.7 Å². The number of nitrogens with one attached hydrogen (secondary N) is 1. The molecule has 2 aromatic rings. The summed E-state index contributed by atoms with van der Waals surface area (Å²) >= 11 is 0. The molecule has 1 amide bonds. The summed E-state index contributed by atoms with van der Waals surface area (Å²) in [6.45, 7) is 10.8. The second-order valence-corrected chi connectivity index (χ2v) is 13.1. The Kier molecular flexibility index (Phi) is 6.07. The lowest BCUT2D eigenvalue weighted by atomic mass is 10.1. The Morgan fingerprint density at radius 1 is 1.22 bits per heavy atom. The molecule has 27 heavy (non-hydrogen) atoms. The molecule has 0 bridgehead atoms. The molecule has 0 radical (unpaired) electrons. The number of amides is 1. The van der Waals surface area contributed by atoms with Crippen molar-refractivity contribution in [3.05, 3.63) is 42.1 Å². The van der Waals surface area contributed by atoms with Gasteiger partial charge in [-0.15, -0.1) is 11.5 Å². The van der Waals surface area contributed by atoms with Crippen LogP contribution in [0.3, 0.4) is 0 Å². The van der Waals surface area contributed by atoms with Crippen molar-refractivity contribution in [1.29, 1.82) is 0 Å². The Hall–Kier alpha value is -2.65. The van der Waals surface area contributed by atoms with Gasteiger partial charge in [-0.2, -0.15) is 0 Å². The first kappa shape index (κ1) is 20.7. The van der Waals surface area contributed by atoms with Crippen molar-refractivity contribution >= 4 is 30.9 Å². The van der Waals surface area contributed by atoms with E-state index in [0.29, 0.717) is 16.5 Å². The predicted octanol–water partition coefficient (Wildman–Crippen LogP) is 3.86. The second kappa shape index (κ2) is 7.93. The number of hydrogen-bond donors (Lipinski definition) is 2. The second-order valence-electron chi connectivity index (χ2n) is 8.12. The van der Waals surface area contributed by atoms with E-state index in [4.69, 9.17) is 0 Å². The van der Waals surface area contributed by atoms with Crippen molar-refractivity contribution in [1.82, 2.24) is 10.3 Å². The van der Waals surface area contributed by atoms with Crippen LogP contribution in [0.25, 0.3) is 10.9 Å². The predicted molar refractivity (Wildman–Crippen MR) is 110 cm³/mol. The number of para-hydroxylation sites is 1. The highest BCUT2D eigenvalue weighted by molar-refractivity contribution is 6.87. The van der Waals surface area contributed by atoms with E-state index in [1.807, 2.05) is 18.2 Å². The van der Waals surface area contributed by atoms with Gasteiger partial charge in [0.1, 0.15) is 14.1 Å². The van der Waals surface area contributed by atoms with E-state index in [0.717, 1.165) is 0 Å². The highest BCUT2D eigenvalue weighted by atomic mass is 28.3. The molecule has 0 unspecified atom stereocenters. The van der Waals surface area contributed by atoms with E-state index >= 15 is 0 Å². The quantitative estimate of drug-likeness (QED) is 0.622. The van der Waals surface area contributed by atoms with Crippen molar-refractivity contribution in [3.8, 4) is 11.5 Å². The molecule has 0 aliphatic rings. The molecule has 142 valence electrons. The fraction of sp³-hybridized carbons (Fsp3) is 0.381. The van der Waals surface area contributed by atoms with Crippen molar-refractivity contribution in [2.75, 3.05) is 0 Å². The highest BCUT2D eigenvalue weighted by Crippen LogP contribution is 2.35. The monoisotopic (exact) mass is 382 g/mol. The third-order valence-corrected chi connectivity index (χ3v) is 9.63. The number of carbonyl (C=O) groups is 2. The molecule has 0 saturated carbocycles. The summed E-state index contributed by atoms with van der Waals surface area (Å²) in [6.07, 6.45) is 1.63. The number of aliphatic carboxylic acids is 1. The number of rotatable bonds is 4. The smallest absolute Gasteiger partial charge is 0.327 e. The summed E-state index contributed by atoms with van der Waals surface area (Å²) in [5.41, 5.74) is 4.39. The first-order valence-corrected chi connectivity index (χ1v) is 11.9. The van der Waals surface area contributed by atoms with Crippen LogP contribution in [0.15, 0.2) is 36.5 Å². The lowest BCUT2D eigenvalue weighted by Gasteiger charge is -2.31. The summed E-state index contributed by atoms with van der Waals surface area (Å²) in [4.78, 5) is 28.5. The number of carboxylic acids is 1. The van der Waals surface area contributed by atoms with E-state index < -0.39 is 26.0 Å². The van der Waals surface area contributed by atoms with E-state index in [2.05, 4.69) is 55.6 Å². The van der Waals surface area contributed by atoms with Gasteiger partial charge in [-0.05, 0) is 17.2 Å². The molecule has 1 aromatic heterocycles. The number of hydrogen-bond acceptors (Lipinski definition) is 3. The topological polar surface area (TPSA) is 79.3 Å². The van der Waals surface area contributed by atoms with Gasteiger partial charge >= 0.3 is 5.97 Å². The Morgan fingerprint density at radius 3 is 2.52 bits per heavy atom. The van der Waals surface area contributed by atoms with Gasteiger partial charge in [-0.1, -0.05) is 52.1 Å². The lowest BCUT2D eigenvalue weighted by molar-refractivity contribution is -0.139. The number of nitrogens with zero attached hydrogens (tertiary/aromatic N) is 1.